The summed E-state index contributed by atoms with van der Waals surface area (Å²) >= 11 is 0. The number of ether oxygens (including phenoxy) is 1. The lowest BCUT2D eigenvalue weighted by molar-refractivity contribution is -0.384. The number of amides is 1. The van der Waals surface area contributed by atoms with Crippen LogP contribution in [0.4, 0.5) is 11.4 Å². The van der Waals surface area contributed by atoms with E-state index < -0.39 is 4.92 Å². The molecular formula is C17H20N4O4. The van der Waals surface area contributed by atoms with E-state index in [9.17, 15) is 14.9 Å². The quantitative estimate of drug-likeness (QED) is 0.609. The van der Waals surface area contributed by atoms with E-state index in [0.29, 0.717) is 45.1 Å². The fourth-order valence-electron chi connectivity index (χ4n) is 3.45. The van der Waals surface area contributed by atoms with Gasteiger partial charge in [0.1, 0.15) is 5.69 Å². The number of hydrogen-bond acceptors (Lipinski definition) is 6. The third kappa shape index (κ3) is 3.72. The van der Waals surface area contributed by atoms with Crippen LogP contribution < -0.4 is 4.90 Å². The molecule has 2 aliphatic heterocycles. The summed E-state index contributed by atoms with van der Waals surface area (Å²) in [6.07, 6.45) is 1.59. The Bertz CT molecular complexity index is 709. The van der Waals surface area contributed by atoms with Crippen molar-refractivity contribution < 1.29 is 14.5 Å². The molecule has 8 heteroatoms. The van der Waals surface area contributed by atoms with Gasteiger partial charge in [-0.05, 0) is 25.0 Å². The Morgan fingerprint density at radius 3 is 2.76 bits per heavy atom. The van der Waals surface area contributed by atoms with E-state index in [1.54, 1.807) is 12.1 Å². The molecule has 25 heavy (non-hydrogen) atoms. The molecule has 1 amide bonds. The normalized spacial score (nSPS) is 20.8. The van der Waals surface area contributed by atoms with Crippen molar-refractivity contribution in [1.82, 2.24) is 4.90 Å². The monoisotopic (exact) mass is 344 g/mol. The number of nitrogens with zero attached hydrogens (tertiary/aromatic N) is 4. The average Bonchev–Trinajstić information content (AvgIpc) is 2.67. The Labute approximate surface area is 145 Å². The Hall–Kier alpha value is -2.66. The van der Waals surface area contributed by atoms with Crippen LogP contribution in [0.3, 0.4) is 0 Å². The number of carbonyl (C=O) groups is 1. The highest BCUT2D eigenvalue weighted by Gasteiger charge is 2.32. The molecule has 0 saturated carbocycles. The average molecular weight is 344 g/mol. The highest BCUT2D eigenvalue weighted by Crippen LogP contribution is 2.32. The topological polar surface area (TPSA) is 99.7 Å². The molecule has 132 valence electrons. The van der Waals surface area contributed by atoms with Crippen LogP contribution in [0.5, 0.6) is 0 Å². The number of hydrogen-bond donors (Lipinski definition) is 0. The Morgan fingerprint density at radius 1 is 1.32 bits per heavy atom. The lowest BCUT2D eigenvalue weighted by atomic mass is 9.95. The Balaban J connectivity index is 1.78. The molecule has 2 fully saturated rings. The number of morpholine rings is 1. The van der Waals surface area contributed by atoms with Crippen LogP contribution in [0, 0.1) is 27.4 Å². The molecule has 0 aliphatic carbocycles. The second-order valence-corrected chi connectivity index (χ2v) is 6.30. The molecule has 3 rings (SSSR count). The third-order valence-electron chi connectivity index (χ3n) is 4.74. The number of nitriles is 1. The Morgan fingerprint density at radius 2 is 2.08 bits per heavy atom. The van der Waals surface area contributed by atoms with Crippen molar-refractivity contribution in [2.45, 2.75) is 12.8 Å². The van der Waals surface area contributed by atoms with Crippen molar-refractivity contribution in [1.29, 1.82) is 5.26 Å². The molecule has 2 heterocycles. The summed E-state index contributed by atoms with van der Waals surface area (Å²) in [5, 5.41) is 20.3. The predicted molar refractivity (Wildman–Crippen MR) is 90.1 cm³/mol. The molecule has 0 radical (unpaired) electrons. The summed E-state index contributed by atoms with van der Waals surface area (Å²) in [6, 6.07) is 6.41. The van der Waals surface area contributed by atoms with E-state index in [1.165, 1.54) is 6.07 Å². The maximum atomic E-state index is 12.7. The van der Waals surface area contributed by atoms with Gasteiger partial charge in [-0.2, -0.15) is 5.26 Å². The van der Waals surface area contributed by atoms with Crippen molar-refractivity contribution >= 4 is 17.3 Å². The second-order valence-electron chi connectivity index (χ2n) is 6.30. The van der Waals surface area contributed by atoms with Crippen LogP contribution in [0.25, 0.3) is 0 Å². The van der Waals surface area contributed by atoms with Gasteiger partial charge in [0.2, 0.25) is 5.91 Å². The van der Waals surface area contributed by atoms with Gasteiger partial charge in [0.15, 0.2) is 0 Å². The fourth-order valence-corrected chi connectivity index (χ4v) is 3.45. The molecule has 0 N–H and O–H groups in total. The second kappa shape index (κ2) is 7.49. The molecule has 0 spiro atoms. The van der Waals surface area contributed by atoms with Crippen molar-refractivity contribution in [3.05, 3.63) is 33.9 Å². The summed E-state index contributed by atoms with van der Waals surface area (Å²) in [5.74, 6) is -0.0635. The first-order chi connectivity index (χ1) is 12.1. The standard InChI is InChI=1S/C17H20N4O4/c18-11-13-3-4-15(16(10-13)21(23)24)20-5-1-2-14(12-20)17(22)19-6-8-25-9-7-19/h3-4,10,14H,1-2,5-9,12H2. The smallest absolute Gasteiger partial charge is 0.293 e. The van der Waals surface area contributed by atoms with Crippen LogP contribution >= 0.6 is 0 Å². The van der Waals surface area contributed by atoms with Crippen molar-refractivity contribution in [2.24, 2.45) is 5.92 Å². The lowest BCUT2D eigenvalue weighted by Crippen LogP contribution is -2.48. The van der Waals surface area contributed by atoms with Gasteiger partial charge in [-0.15, -0.1) is 0 Å². The van der Waals surface area contributed by atoms with Crippen molar-refractivity contribution in [3.8, 4) is 6.07 Å². The van der Waals surface area contributed by atoms with Gasteiger partial charge in [-0.25, -0.2) is 0 Å². The first-order valence-corrected chi connectivity index (χ1v) is 8.40. The zero-order valence-electron chi connectivity index (χ0n) is 13.9. The van der Waals surface area contributed by atoms with E-state index in [-0.39, 0.29) is 23.1 Å². The SMILES string of the molecule is N#Cc1ccc(N2CCCC(C(=O)N3CCOCC3)C2)c([N+](=O)[O-])c1. The molecule has 1 atom stereocenters. The Kier molecular flexibility index (Phi) is 5.14. The van der Waals surface area contributed by atoms with Crippen LogP contribution in [-0.4, -0.2) is 55.1 Å². The van der Waals surface area contributed by atoms with Gasteiger partial charge in [0.25, 0.3) is 5.69 Å². The summed E-state index contributed by atoms with van der Waals surface area (Å²) in [5.41, 5.74) is 0.649. The molecule has 2 saturated heterocycles. The van der Waals surface area contributed by atoms with Gasteiger partial charge in [0.05, 0.1) is 35.7 Å². The van der Waals surface area contributed by atoms with Crippen LogP contribution in [-0.2, 0) is 9.53 Å². The van der Waals surface area contributed by atoms with E-state index in [2.05, 4.69) is 0 Å². The predicted octanol–water partition coefficient (Wildman–Crippen LogP) is 1.54. The van der Waals surface area contributed by atoms with Gasteiger partial charge in [0, 0.05) is 32.2 Å². The molecule has 1 unspecified atom stereocenters. The van der Waals surface area contributed by atoms with Crippen molar-refractivity contribution in [2.75, 3.05) is 44.3 Å². The zero-order valence-corrected chi connectivity index (χ0v) is 13.9. The maximum Gasteiger partial charge on any atom is 0.293 e. The number of nitro benzene ring substituents is 1. The lowest BCUT2D eigenvalue weighted by Gasteiger charge is -2.37. The minimum Gasteiger partial charge on any atom is -0.378 e. The summed E-state index contributed by atoms with van der Waals surface area (Å²) in [7, 11) is 0. The number of nitro groups is 1. The fraction of sp³-hybridized carbons (Fsp3) is 0.529. The van der Waals surface area contributed by atoms with Crippen molar-refractivity contribution in [3.63, 3.8) is 0 Å². The number of anilines is 1. The van der Waals surface area contributed by atoms with Gasteiger partial charge < -0.3 is 14.5 Å². The van der Waals surface area contributed by atoms with E-state index in [4.69, 9.17) is 10.00 Å². The molecule has 0 aromatic heterocycles. The molecule has 0 bridgehead atoms. The molecule has 1 aromatic rings. The van der Waals surface area contributed by atoms with Gasteiger partial charge in [-0.3, -0.25) is 14.9 Å². The highest BCUT2D eigenvalue weighted by atomic mass is 16.6. The largest absolute Gasteiger partial charge is 0.378 e. The maximum absolute atomic E-state index is 12.7. The molecular weight excluding hydrogens is 324 g/mol. The number of rotatable bonds is 3. The summed E-state index contributed by atoms with van der Waals surface area (Å²) in [6.45, 7) is 3.45. The van der Waals surface area contributed by atoms with E-state index in [1.807, 2.05) is 15.9 Å². The van der Waals surface area contributed by atoms with Gasteiger partial charge in [-0.1, -0.05) is 0 Å². The van der Waals surface area contributed by atoms with Crippen LogP contribution in [0.2, 0.25) is 0 Å². The highest BCUT2D eigenvalue weighted by molar-refractivity contribution is 5.80. The minimum absolute atomic E-state index is 0.0847. The third-order valence-corrected chi connectivity index (χ3v) is 4.74. The van der Waals surface area contributed by atoms with E-state index >= 15 is 0 Å². The van der Waals surface area contributed by atoms with Gasteiger partial charge >= 0.3 is 0 Å². The van der Waals surface area contributed by atoms with Crippen LogP contribution in [0.1, 0.15) is 18.4 Å². The zero-order chi connectivity index (χ0) is 17.8. The molecule has 8 nitrogen and oxygen atoms in total. The van der Waals surface area contributed by atoms with E-state index in [0.717, 1.165) is 12.8 Å². The number of carbonyl (C=O) groups excluding carboxylic acids is 1. The van der Waals surface area contributed by atoms with Crippen LogP contribution in [0.15, 0.2) is 18.2 Å². The molecule has 2 aliphatic rings. The minimum atomic E-state index is -0.469. The summed E-state index contributed by atoms with van der Waals surface area (Å²) < 4.78 is 5.29. The number of piperidine rings is 1. The first kappa shape index (κ1) is 17.2. The number of benzene rings is 1. The molecule has 1 aromatic carbocycles. The summed E-state index contributed by atoms with van der Waals surface area (Å²) in [4.78, 5) is 27.3. The first-order valence-electron chi connectivity index (χ1n) is 8.40.